The maximum absolute atomic E-state index is 12.8. The molecule has 3 rings (SSSR count). The van der Waals surface area contributed by atoms with Crippen LogP contribution in [0.2, 0.25) is 0 Å². The predicted octanol–water partition coefficient (Wildman–Crippen LogP) is 3.22. The van der Waals surface area contributed by atoms with Crippen LogP contribution >= 0.6 is 0 Å². The fraction of sp³-hybridized carbons (Fsp3) is 0.208. The number of carbonyl (C=O) groups is 3. The van der Waals surface area contributed by atoms with E-state index in [-0.39, 0.29) is 17.2 Å². The standard InChI is InChI=1S/C24H25N3O5/c1-4-8-17-11-15(13-20(32-3)22(17)29)12-19-23(30)27(24(31)26-19)14-21(28)25-18-10-7-6-9-16(18)5-2/h4,6-7,9-13,29H,1,5,8,14H2,2-3H3,(H,25,28)(H,26,31)/b19-12+. The molecule has 1 fully saturated rings. The predicted molar refractivity (Wildman–Crippen MR) is 121 cm³/mol. The zero-order chi connectivity index (χ0) is 23.3. The summed E-state index contributed by atoms with van der Waals surface area (Å²) in [4.78, 5) is 38.4. The topological polar surface area (TPSA) is 108 Å². The molecule has 1 heterocycles. The lowest BCUT2D eigenvalue weighted by Gasteiger charge is -2.13. The van der Waals surface area contributed by atoms with Crippen LogP contribution in [0.1, 0.15) is 23.6 Å². The number of urea groups is 1. The first-order chi connectivity index (χ1) is 15.4. The largest absolute Gasteiger partial charge is 0.504 e. The van der Waals surface area contributed by atoms with Crippen molar-refractivity contribution >= 4 is 29.6 Å². The van der Waals surface area contributed by atoms with Gasteiger partial charge in [-0.25, -0.2) is 9.69 Å². The highest BCUT2D eigenvalue weighted by Crippen LogP contribution is 2.33. The number of rotatable bonds is 8. The van der Waals surface area contributed by atoms with Gasteiger partial charge in [0.25, 0.3) is 5.91 Å². The van der Waals surface area contributed by atoms with Gasteiger partial charge in [-0.1, -0.05) is 31.2 Å². The Morgan fingerprint density at radius 1 is 1.25 bits per heavy atom. The number of nitrogens with zero attached hydrogens (tertiary/aromatic N) is 1. The van der Waals surface area contributed by atoms with Crippen molar-refractivity contribution in [3.63, 3.8) is 0 Å². The minimum atomic E-state index is -0.683. The summed E-state index contributed by atoms with van der Waals surface area (Å²) in [6.07, 6.45) is 4.23. The molecule has 1 aliphatic rings. The third kappa shape index (κ3) is 4.80. The Bertz CT molecular complexity index is 1110. The van der Waals surface area contributed by atoms with Crippen LogP contribution in [0.5, 0.6) is 11.5 Å². The first-order valence-electron chi connectivity index (χ1n) is 10.1. The first-order valence-corrected chi connectivity index (χ1v) is 10.1. The number of para-hydroxylation sites is 1. The molecular formula is C24H25N3O5. The Balaban J connectivity index is 1.78. The number of allylic oxidation sites excluding steroid dienone is 1. The molecule has 3 N–H and O–H groups in total. The number of nitrogens with one attached hydrogen (secondary N) is 2. The summed E-state index contributed by atoms with van der Waals surface area (Å²) in [5.74, 6) is -0.873. The van der Waals surface area contributed by atoms with E-state index in [0.29, 0.717) is 23.2 Å². The van der Waals surface area contributed by atoms with E-state index < -0.39 is 24.4 Å². The van der Waals surface area contributed by atoms with Crippen LogP contribution in [0, 0.1) is 0 Å². The van der Waals surface area contributed by atoms with Gasteiger partial charge in [-0.2, -0.15) is 0 Å². The Morgan fingerprint density at radius 2 is 2.00 bits per heavy atom. The van der Waals surface area contributed by atoms with Gasteiger partial charge in [0.05, 0.1) is 7.11 Å². The molecule has 8 heteroatoms. The molecule has 2 aromatic carbocycles. The summed E-state index contributed by atoms with van der Waals surface area (Å²) < 4.78 is 5.19. The van der Waals surface area contributed by atoms with Gasteiger partial charge in [0.2, 0.25) is 5.91 Å². The fourth-order valence-corrected chi connectivity index (χ4v) is 3.40. The van der Waals surface area contributed by atoms with Gasteiger partial charge in [-0.3, -0.25) is 9.59 Å². The summed E-state index contributed by atoms with van der Waals surface area (Å²) in [6, 6.07) is 9.88. The van der Waals surface area contributed by atoms with Gasteiger partial charge in [0.15, 0.2) is 11.5 Å². The number of phenols is 1. The highest BCUT2D eigenvalue weighted by Gasteiger charge is 2.35. The van der Waals surface area contributed by atoms with E-state index in [4.69, 9.17) is 4.74 Å². The number of aryl methyl sites for hydroxylation is 1. The van der Waals surface area contributed by atoms with E-state index in [2.05, 4.69) is 17.2 Å². The summed E-state index contributed by atoms with van der Waals surface area (Å²) in [5, 5.41) is 15.5. The molecule has 0 aliphatic carbocycles. The highest BCUT2D eigenvalue weighted by molar-refractivity contribution is 6.16. The monoisotopic (exact) mass is 435 g/mol. The minimum Gasteiger partial charge on any atom is -0.504 e. The smallest absolute Gasteiger partial charge is 0.329 e. The van der Waals surface area contributed by atoms with Crippen molar-refractivity contribution in [2.24, 2.45) is 0 Å². The Kier molecular flexibility index (Phi) is 6.94. The van der Waals surface area contributed by atoms with Crippen molar-refractivity contribution in [2.45, 2.75) is 19.8 Å². The number of anilines is 1. The first kappa shape index (κ1) is 22.6. The average Bonchev–Trinajstić information content (AvgIpc) is 3.03. The molecule has 32 heavy (non-hydrogen) atoms. The lowest BCUT2D eigenvalue weighted by molar-refractivity contribution is -0.127. The summed E-state index contributed by atoms with van der Waals surface area (Å²) in [6.45, 7) is 5.22. The molecule has 0 atom stereocenters. The maximum atomic E-state index is 12.8. The molecule has 2 aromatic rings. The number of ether oxygens (including phenoxy) is 1. The number of imide groups is 1. The number of carbonyl (C=O) groups excluding carboxylic acids is 3. The van der Waals surface area contributed by atoms with Crippen LogP contribution in [0.4, 0.5) is 10.5 Å². The number of phenolic OH excluding ortho intramolecular Hbond substituents is 1. The Hall–Kier alpha value is -4.07. The number of aromatic hydroxyl groups is 1. The summed E-state index contributed by atoms with van der Waals surface area (Å²) in [7, 11) is 1.42. The third-order valence-corrected chi connectivity index (χ3v) is 5.01. The number of hydrogen-bond donors (Lipinski definition) is 3. The third-order valence-electron chi connectivity index (χ3n) is 5.01. The van der Waals surface area contributed by atoms with Crippen LogP contribution in [0.15, 0.2) is 54.8 Å². The molecule has 0 saturated carbocycles. The van der Waals surface area contributed by atoms with Crippen molar-refractivity contribution in [3.8, 4) is 11.5 Å². The molecule has 0 spiro atoms. The zero-order valence-electron chi connectivity index (χ0n) is 18.0. The molecule has 0 aromatic heterocycles. The molecular weight excluding hydrogens is 410 g/mol. The fourth-order valence-electron chi connectivity index (χ4n) is 3.40. The van der Waals surface area contributed by atoms with Crippen LogP contribution < -0.4 is 15.4 Å². The normalized spacial score (nSPS) is 14.4. The summed E-state index contributed by atoms with van der Waals surface area (Å²) in [5.41, 5.74) is 2.73. The highest BCUT2D eigenvalue weighted by atomic mass is 16.5. The molecule has 8 nitrogen and oxygen atoms in total. The number of amides is 4. The maximum Gasteiger partial charge on any atom is 0.329 e. The quantitative estimate of drug-likeness (QED) is 0.335. The second-order valence-corrected chi connectivity index (χ2v) is 7.16. The zero-order valence-corrected chi connectivity index (χ0v) is 18.0. The molecule has 0 bridgehead atoms. The Morgan fingerprint density at radius 3 is 2.69 bits per heavy atom. The number of benzene rings is 2. The minimum absolute atomic E-state index is 0.0120. The van der Waals surface area contributed by atoms with Crippen LogP contribution in [0.25, 0.3) is 6.08 Å². The van der Waals surface area contributed by atoms with Gasteiger partial charge in [-0.05, 0) is 48.2 Å². The molecule has 0 unspecified atom stereocenters. The number of hydrogen-bond acceptors (Lipinski definition) is 5. The molecule has 1 saturated heterocycles. The van der Waals surface area contributed by atoms with Gasteiger partial charge in [0, 0.05) is 11.3 Å². The van der Waals surface area contributed by atoms with E-state index in [0.717, 1.165) is 16.9 Å². The molecule has 0 radical (unpaired) electrons. The van der Waals surface area contributed by atoms with E-state index >= 15 is 0 Å². The van der Waals surface area contributed by atoms with Crippen molar-refractivity contribution in [1.82, 2.24) is 10.2 Å². The van der Waals surface area contributed by atoms with Crippen LogP contribution in [0.3, 0.4) is 0 Å². The lowest BCUT2D eigenvalue weighted by atomic mass is 10.0. The van der Waals surface area contributed by atoms with Gasteiger partial charge < -0.3 is 20.5 Å². The van der Waals surface area contributed by atoms with E-state index in [1.807, 2.05) is 19.1 Å². The van der Waals surface area contributed by atoms with E-state index in [9.17, 15) is 19.5 Å². The molecule has 166 valence electrons. The van der Waals surface area contributed by atoms with E-state index in [1.54, 1.807) is 30.3 Å². The van der Waals surface area contributed by atoms with E-state index in [1.165, 1.54) is 13.2 Å². The average molecular weight is 435 g/mol. The second kappa shape index (κ2) is 9.82. The second-order valence-electron chi connectivity index (χ2n) is 7.16. The van der Waals surface area contributed by atoms with Gasteiger partial charge in [-0.15, -0.1) is 6.58 Å². The van der Waals surface area contributed by atoms with Crippen molar-refractivity contribution in [2.75, 3.05) is 19.0 Å². The van der Waals surface area contributed by atoms with Crippen LogP contribution in [-0.2, 0) is 22.4 Å². The van der Waals surface area contributed by atoms with Crippen LogP contribution in [-0.4, -0.2) is 41.5 Å². The number of methoxy groups -OCH3 is 1. The van der Waals surface area contributed by atoms with Gasteiger partial charge in [0.1, 0.15) is 12.2 Å². The SMILES string of the molecule is C=CCc1cc(/C=C2/NC(=O)N(CC(=O)Nc3ccccc3CC)C2=O)cc(OC)c1O. The van der Waals surface area contributed by atoms with Crippen molar-refractivity contribution in [3.05, 3.63) is 71.4 Å². The van der Waals surface area contributed by atoms with Crippen molar-refractivity contribution in [1.29, 1.82) is 0 Å². The molecule has 1 aliphatic heterocycles. The summed E-state index contributed by atoms with van der Waals surface area (Å²) >= 11 is 0. The van der Waals surface area contributed by atoms with Crippen molar-refractivity contribution < 1.29 is 24.2 Å². The van der Waals surface area contributed by atoms with Gasteiger partial charge >= 0.3 is 6.03 Å². The molecule has 4 amide bonds. The lowest BCUT2D eigenvalue weighted by Crippen LogP contribution is -2.38. The Labute approximate surface area is 186 Å².